The van der Waals surface area contributed by atoms with Gasteiger partial charge in [-0.1, -0.05) is 46.5 Å². The molecule has 0 aliphatic heterocycles. The molecule has 0 amide bonds. The molecule has 2 N–H and O–H groups in total. The van der Waals surface area contributed by atoms with Crippen LogP contribution in [0.25, 0.3) is 0 Å². The van der Waals surface area contributed by atoms with E-state index < -0.39 is 0 Å². The lowest BCUT2D eigenvalue weighted by Gasteiger charge is -2.28. The minimum atomic E-state index is 0.262. The lowest BCUT2D eigenvalue weighted by molar-refractivity contribution is 0.212. The van der Waals surface area contributed by atoms with Gasteiger partial charge in [-0.2, -0.15) is 0 Å². The molecule has 0 aromatic heterocycles. The second-order valence-corrected chi connectivity index (χ2v) is 5.52. The largest absolute Gasteiger partial charge is 0.330 e. The molecule has 0 aromatic rings. The van der Waals surface area contributed by atoms with E-state index >= 15 is 0 Å². The summed E-state index contributed by atoms with van der Waals surface area (Å²) in [5.41, 5.74) is 5.98. The maximum atomic E-state index is 5.72. The second-order valence-electron chi connectivity index (χ2n) is 5.52. The Balaban J connectivity index is 3.45. The first-order valence-electron chi connectivity index (χ1n) is 6.40. The SMILES string of the molecule is CCCCCCCN(C)CC(C)(C)CN. The van der Waals surface area contributed by atoms with Crippen molar-refractivity contribution >= 4 is 0 Å². The van der Waals surface area contributed by atoms with Crippen LogP contribution in [0, 0.1) is 5.41 Å². The molecule has 0 radical (unpaired) electrons. The highest BCUT2D eigenvalue weighted by Gasteiger charge is 2.17. The van der Waals surface area contributed by atoms with Gasteiger partial charge in [-0.05, 0) is 32.0 Å². The van der Waals surface area contributed by atoms with E-state index in [1.165, 1.54) is 38.6 Å². The van der Waals surface area contributed by atoms with Crippen LogP contribution < -0.4 is 5.73 Å². The lowest BCUT2D eigenvalue weighted by Crippen LogP contribution is -2.37. The van der Waals surface area contributed by atoms with Crippen LogP contribution in [0.5, 0.6) is 0 Å². The molecule has 2 nitrogen and oxygen atoms in total. The van der Waals surface area contributed by atoms with Gasteiger partial charge in [-0.15, -0.1) is 0 Å². The van der Waals surface area contributed by atoms with Gasteiger partial charge in [0.2, 0.25) is 0 Å². The van der Waals surface area contributed by atoms with Gasteiger partial charge in [-0.3, -0.25) is 0 Å². The monoisotopic (exact) mass is 214 g/mol. The van der Waals surface area contributed by atoms with Gasteiger partial charge < -0.3 is 10.6 Å². The van der Waals surface area contributed by atoms with E-state index in [1.807, 2.05) is 0 Å². The summed E-state index contributed by atoms with van der Waals surface area (Å²) in [6.07, 6.45) is 6.82. The molecule has 0 unspecified atom stereocenters. The van der Waals surface area contributed by atoms with Gasteiger partial charge in [0.15, 0.2) is 0 Å². The molecular weight excluding hydrogens is 184 g/mol. The normalized spacial score (nSPS) is 12.4. The molecular formula is C13H30N2. The number of rotatable bonds is 9. The maximum absolute atomic E-state index is 5.72. The van der Waals surface area contributed by atoms with Crippen molar-refractivity contribution in [3.8, 4) is 0 Å². The third kappa shape index (κ3) is 8.88. The fourth-order valence-corrected chi connectivity index (χ4v) is 1.86. The average molecular weight is 214 g/mol. The average Bonchev–Trinajstić information content (AvgIpc) is 2.17. The molecule has 92 valence electrons. The number of unbranched alkanes of at least 4 members (excludes halogenated alkanes) is 4. The van der Waals surface area contributed by atoms with E-state index in [1.54, 1.807) is 0 Å². The molecule has 0 aromatic carbocycles. The van der Waals surface area contributed by atoms with Gasteiger partial charge in [0.1, 0.15) is 0 Å². The van der Waals surface area contributed by atoms with Crippen molar-refractivity contribution in [3.63, 3.8) is 0 Å². The molecule has 0 saturated heterocycles. The summed E-state index contributed by atoms with van der Waals surface area (Å²) in [5.74, 6) is 0. The van der Waals surface area contributed by atoms with Gasteiger partial charge in [0, 0.05) is 6.54 Å². The van der Waals surface area contributed by atoms with Crippen molar-refractivity contribution in [3.05, 3.63) is 0 Å². The van der Waals surface area contributed by atoms with Crippen LogP contribution in [0.4, 0.5) is 0 Å². The highest BCUT2D eigenvalue weighted by molar-refractivity contribution is 4.72. The maximum Gasteiger partial charge on any atom is 0.00417 e. The molecule has 0 aliphatic carbocycles. The highest BCUT2D eigenvalue weighted by Crippen LogP contribution is 2.14. The standard InChI is InChI=1S/C13H30N2/c1-5-6-7-8-9-10-15(4)12-13(2,3)11-14/h5-12,14H2,1-4H3. The first kappa shape index (κ1) is 14.9. The third-order valence-electron chi connectivity index (χ3n) is 2.89. The van der Waals surface area contributed by atoms with Crippen LogP contribution >= 0.6 is 0 Å². The molecule has 0 bridgehead atoms. The Kier molecular flexibility index (Phi) is 8.07. The van der Waals surface area contributed by atoms with E-state index in [-0.39, 0.29) is 5.41 Å². The Morgan fingerprint density at radius 3 is 2.20 bits per heavy atom. The van der Waals surface area contributed by atoms with E-state index in [0.29, 0.717) is 0 Å². The molecule has 0 rings (SSSR count). The van der Waals surface area contributed by atoms with Crippen molar-refractivity contribution in [2.24, 2.45) is 11.1 Å². The van der Waals surface area contributed by atoms with Crippen molar-refractivity contribution < 1.29 is 0 Å². The molecule has 0 aliphatic rings. The molecule has 0 fully saturated rings. The van der Waals surface area contributed by atoms with Crippen molar-refractivity contribution in [1.82, 2.24) is 4.90 Å². The minimum Gasteiger partial charge on any atom is -0.330 e. The lowest BCUT2D eigenvalue weighted by atomic mass is 9.93. The predicted molar refractivity (Wildman–Crippen MR) is 69.1 cm³/mol. The van der Waals surface area contributed by atoms with Crippen LogP contribution in [0.2, 0.25) is 0 Å². The summed E-state index contributed by atoms with van der Waals surface area (Å²) >= 11 is 0. The zero-order valence-electron chi connectivity index (χ0n) is 11.2. The van der Waals surface area contributed by atoms with Gasteiger partial charge in [-0.25, -0.2) is 0 Å². The predicted octanol–water partition coefficient (Wildman–Crippen LogP) is 2.87. The van der Waals surface area contributed by atoms with Gasteiger partial charge >= 0.3 is 0 Å². The van der Waals surface area contributed by atoms with E-state index in [4.69, 9.17) is 5.73 Å². The second kappa shape index (κ2) is 8.12. The number of hydrogen-bond acceptors (Lipinski definition) is 2. The Hall–Kier alpha value is -0.0800. The highest BCUT2D eigenvalue weighted by atomic mass is 15.1. The smallest absolute Gasteiger partial charge is 0.00417 e. The van der Waals surface area contributed by atoms with Crippen molar-refractivity contribution in [2.75, 3.05) is 26.7 Å². The summed E-state index contributed by atoms with van der Waals surface area (Å²) < 4.78 is 0. The Morgan fingerprint density at radius 1 is 1.07 bits per heavy atom. The van der Waals surface area contributed by atoms with Crippen LogP contribution in [0.1, 0.15) is 52.9 Å². The zero-order chi connectivity index (χ0) is 11.7. The van der Waals surface area contributed by atoms with Gasteiger partial charge in [0.05, 0.1) is 0 Å². The quantitative estimate of drug-likeness (QED) is 0.598. The van der Waals surface area contributed by atoms with E-state index in [0.717, 1.165) is 13.1 Å². The van der Waals surface area contributed by atoms with Crippen LogP contribution in [-0.2, 0) is 0 Å². The third-order valence-corrected chi connectivity index (χ3v) is 2.89. The fourth-order valence-electron chi connectivity index (χ4n) is 1.86. The number of hydrogen-bond donors (Lipinski definition) is 1. The topological polar surface area (TPSA) is 29.3 Å². The summed E-state index contributed by atoms with van der Waals surface area (Å²) in [6.45, 7) is 9.83. The van der Waals surface area contributed by atoms with Crippen molar-refractivity contribution in [1.29, 1.82) is 0 Å². The molecule has 0 heterocycles. The Labute approximate surface area is 96.2 Å². The Bertz CT molecular complexity index is 143. The molecule has 2 heteroatoms. The van der Waals surface area contributed by atoms with Gasteiger partial charge in [0.25, 0.3) is 0 Å². The Morgan fingerprint density at radius 2 is 1.67 bits per heavy atom. The summed E-state index contributed by atoms with van der Waals surface area (Å²) in [5, 5.41) is 0. The van der Waals surface area contributed by atoms with Crippen LogP contribution in [0.15, 0.2) is 0 Å². The summed E-state index contributed by atoms with van der Waals surface area (Å²) in [4.78, 5) is 2.42. The first-order chi connectivity index (χ1) is 7.02. The summed E-state index contributed by atoms with van der Waals surface area (Å²) in [7, 11) is 2.21. The minimum absolute atomic E-state index is 0.262. The molecule has 0 atom stereocenters. The fraction of sp³-hybridized carbons (Fsp3) is 1.00. The zero-order valence-corrected chi connectivity index (χ0v) is 11.2. The number of nitrogens with two attached hydrogens (primary N) is 1. The van der Waals surface area contributed by atoms with E-state index in [9.17, 15) is 0 Å². The number of nitrogens with zero attached hydrogens (tertiary/aromatic N) is 1. The molecule has 0 spiro atoms. The summed E-state index contributed by atoms with van der Waals surface area (Å²) in [6, 6.07) is 0. The molecule has 15 heavy (non-hydrogen) atoms. The van der Waals surface area contributed by atoms with Crippen LogP contribution in [0.3, 0.4) is 0 Å². The molecule has 0 saturated carbocycles. The van der Waals surface area contributed by atoms with Crippen LogP contribution in [-0.4, -0.2) is 31.6 Å². The first-order valence-corrected chi connectivity index (χ1v) is 6.40. The van der Waals surface area contributed by atoms with E-state index in [2.05, 4.69) is 32.7 Å². The van der Waals surface area contributed by atoms with Crippen molar-refractivity contribution in [2.45, 2.75) is 52.9 Å².